The average Bonchev–Trinajstić information content (AvgIpc) is 3.43. The predicted molar refractivity (Wildman–Crippen MR) is 171 cm³/mol. The first kappa shape index (κ1) is 31.9. The van der Waals surface area contributed by atoms with Gasteiger partial charge in [-0.15, -0.1) is 11.3 Å². The Labute approximate surface area is 267 Å². The smallest absolute Gasteiger partial charge is 0.394 e. The summed E-state index contributed by atoms with van der Waals surface area (Å²) in [4.78, 5) is 63.9. The van der Waals surface area contributed by atoms with E-state index in [1.54, 1.807) is 55.6 Å². The molecule has 1 aromatic heterocycles. The molecule has 0 bridgehead atoms. The van der Waals surface area contributed by atoms with Gasteiger partial charge in [-0.05, 0) is 66.1 Å². The third-order valence-corrected chi connectivity index (χ3v) is 8.76. The lowest BCUT2D eigenvalue weighted by molar-refractivity contribution is -0.147. The molecule has 0 aliphatic carbocycles. The van der Waals surface area contributed by atoms with E-state index in [1.165, 1.54) is 0 Å². The summed E-state index contributed by atoms with van der Waals surface area (Å²) in [5.41, 5.74) is 2.67. The number of carbonyl (C=O) groups is 5. The molecule has 1 aliphatic heterocycles. The number of hydrogen-bond acceptors (Lipinski definition) is 8. The molecular weight excluding hydrogens is 612 g/mol. The number of carbonyl (C=O) groups excluding carboxylic acids is 3. The Kier molecular flexibility index (Phi) is 9.74. The van der Waals surface area contributed by atoms with Gasteiger partial charge in [0.25, 0.3) is 11.8 Å². The SMILES string of the molecule is COc1ccc(CN2CCc3c(sc(NC(=O)C(=O)O)c3C(=O)O)C2CNC(=O)c2ccc(NC(=O)c3ccccc3)cc2)cc1. The lowest BCUT2D eigenvalue weighted by Crippen LogP contribution is -2.41. The molecule has 0 radical (unpaired) electrons. The molecule has 5 N–H and O–H groups in total. The number of hydrogen-bond donors (Lipinski definition) is 5. The van der Waals surface area contributed by atoms with Gasteiger partial charge in [0, 0.05) is 41.3 Å². The molecule has 4 aromatic rings. The molecule has 1 aliphatic rings. The Balaban J connectivity index is 1.37. The van der Waals surface area contributed by atoms with E-state index in [0.29, 0.717) is 52.5 Å². The van der Waals surface area contributed by atoms with Crippen molar-refractivity contribution in [3.63, 3.8) is 0 Å². The second-order valence-electron chi connectivity index (χ2n) is 10.4. The number of carboxylic acid groups (broad SMARTS) is 2. The largest absolute Gasteiger partial charge is 0.497 e. The highest BCUT2D eigenvalue weighted by molar-refractivity contribution is 7.17. The summed E-state index contributed by atoms with van der Waals surface area (Å²) in [5, 5.41) is 27.0. The summed E-state index contributed by atoms with van der Waals surface area (Å²) in [7, 11) is 1.58. The van der Waals surface area contributed by atoms with Crippen LogP contribution in [0.1, 0.15) is 53.1 Å². The number of methoxy groups -OCH3 is 1. The van der Waals surface area contributed by atoms with E-state index in [9.17, 15) is 29.1 Å². The predicted octanol–water partition coefficient (Wildman–Crippen LogP) is 4.26. The fourth-order valence-corrected chi connectivity index (χ4v) is 6.59. The summed E-state index contributed by atoms with van der Waals surface area (Å²) in [6.07, 6.45) is 0.340. The van der Waals surface area contributed by atoms with Gasteiger partial charge in [-0.3, -0.25) is 19.3 Å². The van der Waals surface area contributed by atoms with Crippen molar-refractivity contribution in [2.75, 3.05) is 30.8 Å². The van der Waals surface area contributed by atoms with Crippen LogP contribution in [0, 0.1) is 0 Å². The lowest BCUT2D eigenvalue weighted by Gasteiger charge is -2.36. The number of anilines is 2. The number of amides is 3. The number of nitrogens with one attached hydrogen (secondary N) is 3. The van der Waals surface area contributed by atoms with Crippen molar-refractivity contribution >= 4 is 51.7 Å². The Hall–Kier alpha value is -5.53. The molecule has 0 saturated heterocycles. The average molecular weight is 643 g/mol. The van der Waals surface area contributed by atoms with E-state index < -0.39 is 23.9 Å². The number of carboxylic acids is 2. The van der Waals surface area contributed by atoms with Gasteiger partial charge in [0.15, 0.2) is 0 Å². The minimum atomic E-state index is -1.74. The fraction of sp³-hybridized carbons (Fsp3) is 0.182. The fourth-order valence-electron chi connectivity index (χ4n) is 5.21. The lowest BCUT2D eigenvalue weighted by atomic mass is 9.96. The van der Waals surface area contributed by atoms with Gasteiger partial charge in [-0.25, -0.2) is 9.59 Å². The second-order valence-corrected chi connectivity index (χ2v) is 11.5. The zero-order valence-electron chi connectivity index (χ0n) is 24.6. The Morgan fingerprint density at radius 2 is 1.54 bits per heavy atom. The number of fused-ring (bicyclic) bond motifs is 1. The first-order valence-corrected chi connectivity index (χ1v) is 15.0. The number of rotatable bonds is 10. The standard InChI is InChI=1S/C33H30N4O8S/c1-45-23-13-7-19(8-14-23)18-37-16-15-24-26(32(41)42)31(36-30(40)33(43)44)46-27(24)25(37)17-34-28(38)21-9-11-22(12-10-21)35-29(39)20-5-3-2-4-6-20/h2-14,25H,15-18H2,1H3,(H,34,38)(H,35,39)(H,36,40)(H,41,42)(H,43,44). The summed E-state index contributed by atoms with van der Waals surface area (Å²) < 4.78 is 5.26. The van der Waals surface area contributed by atoms with Crippen molar-refractivity contribution in [2.45, 2.75) is 19.0 Å². The molecule has 3 amide bonds. The van der Waals surface area contributed by atoms with Gasteiger partial charge in [0.2, 0.25) is 0 Å². The monoisotopic (exact) mass is 642 g/mol. The third-order valence-electron chi connectivity index (χ3n) is 7.51. The highest BCUT2D eigenvalue weighted by atomic mass is 32.1. The maximum Gasteiger partial charge on any atom is 0.394 e. The van der Waals surface area contributed by atoms with Crippen LogP contribution in [-0.4, -0.2) is 65.0 Å². The maximum atomic E-state index is 13.2. The van der Waals surface area contributed by atoms with Gasteiger partial charge in [0.1, 0.15) is 10.8 Å². The first-order valence-electron chi connectivity index (χ1n) is 14.2. The number of nitrogens with zero attached hydrogens (tertiary/aromatic N) is 1. The molecule has 2 heterocycles. The van der Waals surface area contributed by atoms with Gasteiger partial charge >= 0.3 is 17.8 Å². The van der Waals surface area contributed by atoms with Gasteiger partial charge in [-0.2, -0.15) is 0 Å². The highest BCUT2D eigenvalue weighted by Crippen LogP contribution is 2.43. The quantitative estimate of drug-likeness (QED) is 0.158. The summed E-state index contributed by atoms with van der Waals surface area (Å²) in [6, 6.07) is 22.2. The van der Waals surface area contributed by atoms with Crippen LogP contribution in [0.2, 0.25) is 0 Å². The molecule has 12 nitrogen and oxygen atoms in total. The van der Waals surface area contributed by atoms with Crippen molar-refractivity contribution in [1.29, 1.82) is 0 Å². The Morgan fingerprint density at radius 1 is 0.870 bits per heavy atom. The normalized spacial score (nSPS) is 14.1. The molecule has 0 saturated carbocycles. The molecule has 1 unspecified atom stereocenters. The number of benzene rings is 3. The van der Waals surface area contributed by atoms with E-state index in [4.69, 9.17) is 9.84 Å². The van der Waals surface area contributed by atoms with Crippen LogP contribution in [0.15, 0.2) is 78.9 Å². The van der Waals surface area contributed by atoms with Crippen LogP contribution in [0.3, 0.4) is 0 Å². The molecule has 236 valence electrons. The van der Waals surface area contributed by atoms with Crippen LogP contribution in [0.25, 0.3) is 0 Å². The molecule has 46 heavy (non-hydrogen) atoms. The molecule has 5 rings (SSSR count). The minimum Gasteiger partial charge on any atom is -0.497 e. The third kappa shape index (κ3) is 7.22. The maximum absolute atomic E-state index is 13.2. The van der Waals surface area contributed by atoms with Gasteiger partial charge in [-0.1, -0.05) is 30.3 Å². The molecule has 13 heteroatoms. The first-order chi connectivity index (χ1) is 22.1. The second kappa shape index (κ2) is 14.1. The molecule has 0 fully saturated rings. The molecule has 0 spiro atoms. The number of aliphatic carboxylic acids is 1. The van der Waals surface area contributed by atoms with Gasteiger partial charge < -0.3 is 30.9 Å². The molecule has 3 aromatic carbocycles. The Bertz CT molecular complexity index is 1770. The molecular formula is C33H30N4O8S. The summed E-state index contributed by atoms with van der Waals surface area (Å²) >= 11 is 0.988. The van der Waals surface area contributed by atoms with Crippen molar-refractivity contribution in [2.24, 2.45) is 0 Å². The van der Waals surface area contributed by atoms with Gasteiger partial charge in [0.05, 0.1) is 18.7 Å². The number of thiophene rings is 1. The summed E-state index contributed by atoms with van der Waals surface area (Å²) in [6.45, 7) is 1.01. The van der Waals surface area contributed by atoms with E-state index in [0.717, 1.165) is 16.9 Å². The zero-order chi connectivity index (χ0) is 32.8. The number of ether oxygens (including phenoxy) is 1. The van der Waals surface area contributed by atoms with Crippen molar-refractivity contribution in [1.82, 2.24) is 10.2 Å². The zero-order valence-corrected chi connectivity index (χ0v) is 25.4. The van der Waals surface area contributed by atoms with E-state index in [-0.39, 0.29) is 28.9 Å². The van der Waals surface area contributed by atoms with Crippen LogP contribution in [0.4, 0.5) is 10.7 Å². The summed E-state index contributed by atoms with van der Waals surface area (Å²) in [5.74, 6) is -4.33. The molecule has 1 atom stereocenters. The van der Waals surface area contributed by atoms with E-state index in [1.807, 2.05) is 30.3 Å². The van der Waals surface area contributed by atoms with Crippen molar-refractivity contribution < 1.29 is 38.9 Å². The van der Waals surface area contributed by atoms with Crippen LogP contribution in [-0.2, 0) is 22.6 Å². The van der Waals surface area contributed by atoms with Crippen LogP contribution >= 0.6 is 11.3 Å². The van der Waals surface area contributed by atoms with E-state index in [2.05, 4.69) is 20.9 Å². The van der Waals surface area contributed by atoms with Crippen LogP contribution < -0.4 is 20.7 Å². The number of aromatic carboxylic acids is 1. The minimum absolute atomic E-state index is 0.0688. The van der Waals surface area contributed by atoms with Crippen LogP contribution in [0.5, 0.6) is 5.75 Å². The van der Waals surface area contributed by atoms with Crippen molar-refractivity contribution in [3.05, 3.63) is 112 Å². The topological polar surface area (TPSA) is 174 Å². The van der Waals surface area contributed by atoms with Crippen molar-refractivity contribution in [3.8, 4) is 5.75 Å². The Morgan fingerprint density at radius 3 is 2.17 bits per heavy atom. The highest BCUT2D eigenvalue weighted by Gasteiger charge is 2.35. The van der Waals surface area contributed by atoms with E-state index >= 15 is 0 Å².